The fourth-order valence-corrected chi connectivity index (χ4v) is 1.56. The lowest BCUT2D eigenvalue weighted by atomic mass is 10.1. The van der Waals surface area contributed by atoms with Crippen LogP contribution in [0, 0.1) is 5.92 Å². The normalized spacial score (nSPS) is 12.9. The summed E-state index contributed by atoms with van der Waals surface area (Å²) in [7, 11) is 0. The second-order valence-corrected chi connectivity index (χ2v) is 4.87. The van der Waals surface area contributed by atoms with Gasteiger partial charge in [-0.2, -0.15) is 15.0 Å². The Kier molecular flexibility index (Phi) is 4.10. The molecule has 0 amide bonds. The van der Waals surface area contributed by atoms with E-state index in [9.17, 15) is 0 Å². The first-order chi connectivity index (χ1) is 8.66. The van der Waals surface area contributed by atoms with Gasteiger partial charge in [0.25, 0.3) is 0 Å². The van der Waals surface area contributed by atoms with Crippen molar-refractivity contribution in [1.82, 2.24) is 20.3 Å². The minimum atomic E-state index is 0.479. The number of para-hydroxylation sites is 1. The molecule has 1 atom stereocenters. The minimum Gasteiger partial charge on any atom is -0.308 e. The summed E-state index contributed by atoms with van der Waals surface area (Å²) < 4.78 is 0. The molecule has 4 heteroatoms. The number of nitrogens with zero attached hydrogens (tertiary/aromatic N) is 3. The van der Waals surface area contributed by atoms with Crippen LogP contribution in [0.1, 0.15) is 26.5 Å². The van der Waals surface area contributed by atoms with Crippen molar-refractivity contribution >= 4 is 0 Å². The van der Waals surface area contributed by atoms with Crippen molar-refractivity contribution in [3.63, 3.8) is 0 Å². The molecular formula is C14H20N4. The van der Waals surface area contributed by atoms with Crippen molar-refractivity contribution in [1.29, 1.82) is 0 Å². The summed E-state index contributed by atoms with van der Waals surface area (Å²) in [6.45, 7) is 7.36. The zero-order valence-electron chi connectivity index (χ0n) is 11.2. The number of hydrogen-bond donors (Lipinski definition) is 1. The predicted molar refractivity (Wildman–Crippen MR) is 72.5 cm³/mol. The Morgan fingerprint density at radius 1 is 1.17 bits per heavy atom. The van der Waals surface area contributed by atoms with Crippen molar-refractivity contribution in [3.05, 3.63) is 42.2 Å². The Labute approximate surface area is 108 Å². The van der Waals surface area contributed by atoms with Crippen LogP contribution in [0.25, 0.3) is 5.69 Å². The van der Waals surface area contributed by atoms with Gasteiger partial charge in [0.05, 0.1) is 17.6 Å². The molecular weight excluding hydrogens is 224 g/mol. The Morgan fingerprint density at radius 2 is 1.89 bits per heavy atom. The first-order valence-electron chi connectivity index (χ1n) is 6.37. The summed E-state index contributed by atoms with van der Waals surface area (Å²) in [6, 6.07) is 10.4. The van der Waals surface area contributed by atoms with Crippen LogP contribution in [0.4, 0.5) is 0 Å². The summed E-state index contributed by atoms with van der Waals surface area (Å²) in [5, 5.41) is 12.2. The molecule has 1 aromatic carbocycles. The average molecular weight is 244 g/mol. The summed E-state index contributed by atoms with van der Waals surface area (Å²) in [5.74, 6) is 0.620. The molecule has 0 bridgehead atoms. The van der Waals surface area contributed by atoms with E-state index in [4.69, 9.17) is 0 Å². The number of hydrogen-bond acceptors (Lipinski definition) is 3. The van der Waals surface area contributed by atoms with E-state index in [1.165, 1.54) is 0 Å². The molecule has 0 aliphatic heterocycles. The van der Waals surface area contributed by atoms with Crippen LogP contribution in [-0.2, 0) is 6.54 Å². The predicted octanol–water partition coefficient (Wildman–Crippen LogP) is 2.40. The third-order valence-electron chi connectivity index (χ3n) is 3.13. The van der Waals surface area contributed by atoms with Gasteiger partial charge in [0.2, 0.25) is 0 Å². The zero-order valence-corrected chi connectivity index (χ0v) is 11.2. The maximum Gasteiger partial charge on any atom is 0.0969 e. The molecule has 1 N–H and O–H groups in total. The Hall–Kier alpha value is -1.68. The van der Waals surface area contributed by atoms with E-state index in [2.05, 4.69) is 36.3 Å². The van der Waals surface area contributed by atoms with Gasteiger partial charge in [-0.15, -0.1) is 0 Å². The van der Waals surface area contributed by atoms with Gasteiger partial charge in [0, 0.05) is 12.6 Å². The molecule has 0 saturated carbocycles. The van der Waals surface area contributed by atoms with E-state index in [1.807, 2.05) is 36.5 Å². The van der Waals surface area contributed by atoms with Crippen LogP contribution in [0.2, 0.25) is 0 Å². The lowest BCUT2D eigenvalue weighted by molar-refractivity contribution is 0.423. The van der Waals surface area contributed by atoms with Crippen LogP contribution < -0.4 is 5.32 Å². The molecule has 1 heterocycles. The Balaban J connectivity index is 1.99. The highest BCUT2D eigenvalue weighted by Gasteiger charge is 2.08. The van der Waals surface area contributed by atoms with Crippen molar-refractivity contribution in [2.45, 2.75) is 33.4 Å². The fourth-order valence-electron chi connectivity index (χ4n) is 1.56. The molecule has 0 saturated heterocycles. The van der Waals surface area contributed by atoms with Crippen LogP contribution in [0.5, 0.6) is 0 Å². The maximum absolute atomic E-state index is 4.45. The second kappa shape index (κ2) is 5.78. The Bertz CT molecular complexity index is 476. The van der Waals surface area contributed by atoms with Crippen molar-refractivity contribution in [2.24, 2.45) is 5.92 Å². The molecule has 4 nitrogen and oxygen atoms in total. The highest BCUT2D eigenvalue weighted by atomic mass is 15.5. The maximum atomic E-state index is 4.45. The SMILES string of the molecule is CC(C)C(C)NCc1cnn(-c2ccccc2)n1. The molecule has 0 aliphatic rings. The highest BCUT2D eigenvalue weighted by Crippen LogP contribution is 2.05. The van der Waals surface area contributed by atoms with E-state index in [0.29, 0.717) is 12.0 Å². The molecule has 0 radical (unpaired) electrons. The lowest BCUT2D eigenvalue weighted by Crippen LogP contribution is -2.30. The monoisotopic (exact) mass is 244 g/mol. The first kappa shape index (κ1) is 12.8. The molecule has 0 fully saturated rings. The van der Waals surface area contributed by atoms with Gasteiger partial charge in [-0.1, -0.05) is 32.0 Å². The van der Waals surface area contributed by atoms with Gasteiger partial charge < -0.3 is 5.32 Å². The summed E-state index contributed by atoms with van der Waals surface area (Å²) in [6.07, 6.45) is 1.81. The van der Waals surface area contributed by atoms with Crippen molar-refractivity contribution < 1.29 is 0 Å². The van der Waals surface area contributed by atoms with E-state index < -0.39 is 0 Å². The number of rotatable bonds is 5. The quantitative estimate of drug-likeness (QED) is 0.878. The van der Waals surface area contributed by atoms with Crippen molar-refractivity contribution in [3.8, 4) is 5.69 Å². The molecule has 0 spiro atoms. The third-order valence-corrected chi connectivity index (χ3v) is 3.13. The standard InChI is InChI=1S/C14H20N4/c1-11(2)12(3)15-9-13-10-16-18(17-13)14-7-5-4-6-8-14/h4-8,10-12,15H,9H2,1-3H3. The van der Waals surface area contributed by atoms with Gasteiger partial charge in [-0.3, -0.25) is 0 Å². The largest absolute Gasteiger partial charge is 0.308 e. The van der Waals surface area contributed by atoms with Crippen LogP contribution in [-0.4, -0.2) is 21.0 Å². The number of nitrogens with one attached hydrogen (secondary N) is 1. The summed E-state index contributed by atoms with van der Waals surface area (Å²) in [5.41, 5.74) is 1.95. The lowest BCUT2D eigenvalue weighted by Gasteiger charge is -2.16. The molecule has 1 unspecified atom stereocenters. The van der Waals surface area contributed by atoms with E-state index >= 15 is 0 Å². The molecule has 2 rings (SSSR count). The van der Waals surface area contributed by atoms with Crippen LogP contribution >= 0.6 is 0 Å². The summed E-state index contributed by atoms with van der Waals surface area (Å²) >= 11 is 0. The first-order valence-corrected chi connectivity index (χ1v) is 6.37. The second-order valence-electron chi connectivity index (χ2n) is 4.87. The highest BCUT2D eigenvalue weighted by molar-refractivity contribution is 5.28. The number of aromatic nitrogens is 3. The van der Waals surface area contributed by atoms with E-state index in [1.54, 1.807) is 4.80 Å². The van der Waals surface area contributed by atoms with Gasteiger partial charge >= 0.3 is 0 Å². The zero-order chi connectivity index (χ0) is 13.0. The van der Waals surface area contributed by atoms with Gasteiger partial charge in [0.15, 0.2) is 0 Å². The van der Waals surface area contributed by atoms with Gasteiger partial charge in [-0.25, -0.2) is 0 Å². The van der Waals surface area contributed by atoms with E-state index in [-0.39, 0.29) is 0 Å². The summed E-state index contributed by atoms with van der Waals surface area (Å²) in [4.78, 5) is 1.66. The minimum absolute atomic E-state index is 0.479. The molecule has 1 aromatic heterocycles. The molecule has 2 aromatic rings. The molecule has 0 aliphatic carbocycles. The van der Waals surface area contributed by atoms with Gasteiger partial charge in [0.1, 0.15) is 0 Å². The molecule has 96 valence electrons. The van der Waals surface area contributed by atoms with E-state index in [0.717, 1.165) is 17.9 Å². The molecule has 18 heavy (non-hydrogen) atoms. The smallest absolute Gasteiger partial charge is 0.0969 e. The topological polar surface area (TPSA) is 42.7 Å². The van der Waals surface area contributed by atoms with Gasteiger partial charge in [-0.05, 0) is 25.0 Å². The van der Waals surface area contributed by atoms with Crippen molar-refractivity contribution in [2.75, 3.05) is 0 Å². The van der Waals surface area contributed by atoms with Crippen LogP contribution in [0.15, 0.2) is 36.5 Å². The fraction of sp³-hybridized carbons (Fsp3) is 0.429. The average Bonchev–Trinajstić information content (AvgIpc) is 2.85. The number of benzene rings is 1. The third kappa shape index (κ3) is 3.17. The van der Waals surface area contributed by atoms with Crippen LogP contribution in [0.3, 0.4) is 0 Å². The Morgan fingerprint density at radius 3 is 2.56 bits per heavy atom.